The Morgan fingerprint density at radius 2 is 2.00 bits per heavy atom. The molecule has 1 unspecified atom stereocenters. The van der Waals surface area contributed by atoms with Crippen LogP contribution in [0.2, 0.25) is 0 Å². The molecular formula is C9H18ClNO2S. The van der Waals surface area contributed by atoms with Crippen LogP contribution in [-0.2, 0) is 10.0 Å². The van der Waals surface area contributed by atoms with Gasteiger partial charge in [0.25, 0.3) is 0 Å². The van der Waals surface area contributed by atoms with Crippen LogP contribution in [0.4, 0.5) is 0 Å². The van der Waals surface area contributed by atoms with Gasteiger partial charge in [-0.2, -0.15) is 0 Å². The summed E-state index contributed by atoms with van der Waals surface area (Å²) in [6.07, 6.45) is 2.10. The average molecular weight is 240 g/mol. The highest BCUT2D eigenvalue weighted by atomic mass is 35.5. The molecule has 0 radical (unpaired) electrons. The largest absolute Gasteiger partial charge is 0.212 e. The van der Waals surface area contributed by atoms with Crippen LogP contribution in [-0.4, -0.2) is 26.1 Å². The summed E-state index contributed by atoms with van der Waals surface area (Å²) < 4.78 is 25.8. The van der Waals surface area contributed by atoms with Gasteiger partial charge < -0.3 is 0 Å². The molecule has 1 atom stereocenters. The number of alkyl halides is 1. The van der Waals surface area contributed by atoms with Gasteiger partial charge in [-0.1, -0.05) is 13.8 Å². The predicted octanol–water partition coefficient (Wildman–Crippen LogP) is 1.58. The van der Waals surface area contributed by atoms with Gasteiger partial charge >= 0.3 is 0 Å². The number of rotatable bonds is 6. The summed E-state index contributed by atoms with van der Waals surface area (Å²) in [5, 5.41) is 0. The molecule has 14 heavy (non-hydrogen) atoms. The van der Waals surface area contributed by atoms with Crippen LogP contribution < -0.4 is 4.72 Å². The van der Waals surface area contributed by atoms with Gasteiger partial charge in [0.2, 0.25) is 10.0 Å². The van der Waals surface area contributed by atoms with Crippen LogP contribution in [0.5, 0.6) is 0 Å². The molecule has 0 heterocycles. The SMILES string of the molecule is CC(C)C(CCl)NS(=O)(=O)CC1CC1. The van der Waals surface area contributed by atoms with Crippen molar-refractivity contribution in [2.45, 2.75) is 32.7 Å². The molecule has 0 aromatic rings. The lowest BCUT2D eigenvalue weighted by Crippen LogP contribution is -2.41. The molecule has 0 amide bonds. The minimum absolute atomic E-state index is 0.139. The smallest absolute Gasteiger partial charge is 0.212 e. The Morgan fingerprint density at radius 3 is 2.36 bits per heavy atom. The fourth-order valence-electron chi connectivity index (χ4n) is 1.22. The number of nitrogens with one attached hydrogen (secondary N) is 1. The Balaban J connectivity index is 2.46. The number of hydrogen-bond acceptors (Lipinski definition) is 2. The molecule has 1 aliphatic carbocycles. The Kier molecular flexibility index (Phi) is 4.22. The van der Waals surface area contributed by atoms with Crippen molar-refractivity contribution in [3.8, 4) is 0 Å². The lowest BCUT2D eigenvalue weighted by Gasteiger charge is -2.19. The number of hydrogen-bond donors (Lipinski definition) is 1. The fourth-order valence-corrected chi connectivity index (χ4v) is 3.61. The van der Waals surface area contributed by atoms with E-state index in [2.05, 4.69) is 4.72 Å². The molecule has 5 heteroatoms. The van der Waals surface area contributed by atoms with Crippen LogP contribution in [0, 0.1) is 11.8 Å². The van der Waals surface area contributed by atoms with E-state index in [4.69, 9.17) is 11.6 Å². The van der Waals surface area contributed by atoms with Gasteiger partial charge in [0.05, 0.1) is 5.75 Å². The highest BCUT2D eigenvalue weighted by Gasteiger charge is 2.29. The zero-order valence-corrected chi connectivity index (χ0v) is 10.2. The van der Waals surface area contributed by atoms with Gasteiger partial charge in [-0.15, -0.1) is 11.6 Å². The number of sulfonamides is 1. The van der Waals surface area contributed by atoms with Crippen LogP contribution in [0.15, 0.2) is 0 Å². The van der Waals surface area contributed by atoms with Gasteiger partial charge in [-0.05, 0) is 24.7 Å². The minimum Gasteiger partial charge on any atom is -0.212 e. The first-order valence-electron chi connectivity index (χ1n) is 5.00. The standard InChI is InChI=1S/C9H18ClNO2S/c1-7(2)9(5-10)11-14(12,13)6-8-3-4-8/h7-9,11H,3-6H2,1-2H3. The summed E-state index contributed by atoms with van der Waals surface area (Å²) in [6, 6.07) is -0.139. The molecule has 0 saturated heterocycles. The summed E-state index contributed by atoms with van der Waals surface area (Å²) in [7, 11) is -3.11. The van der Waals surface area contributed by atoms with E-state index in [0.29, 0.717) is 11.8 Å². The molecule has 0 aromatic heterocycles. The number of halogens is 1. The molecule has 1 aliphatic rings. The molecule has 0 aliphatic heterocycles. The molecule has 1 saturated carbocycles. The summed E-state index contributed by atoms with van der Waals surface area (Å²) in [6.45, 7) is 3.93. The monoisotopic (exact) mass is 239 g/mol. The van der Waals surface area contributed by atoms with E-state index in [1.165, 1.54) is 0 Å². The van der Waals surface area contributed by atoms with Crippen LogP contribution in [0.1, 0.15) is 26.7 Å². The maximum Gasteiger partial charge on any atom is 0.212 e. The Morgan fingerprint density at radius 1 is 1.43 bits per heavy atom. The minimum atomic E-state index is -3.11. The highest BCUT2D eigenvalue weighted by Crippen LogP contribution is 2.30. The zero-order chi connectivity index (χ0) is 10.8. The van der Waals surface area contributed by atoms with Crippen molar-refractivity contribution < 1.29 is 8.42 Å². The third-order valence-corrected chi connectivity index (χ3v) is 4.36. The van der Waals surface area contributed by atoms with Crippen molar-refractivity contribution in [1.29, 1.82) is 0 Å². The van der Waals surface area contributed by atoms with Crippen molar-refractivity contribution in [3.05, 3.63) is 0 Å². The molecular weight excluding hydrogens is 222 g/mol. The molecule has 1 fully saturated rings. The van der Waals surface area contributed by atoms with E-state index in [-0.39, 0.29) is 17.7 Å². The summed E-state index contributed by atoms with van der Waals surface area (Å²) >= 11 is 5.69. The molecule has 0 aromatic carbocycles. The third kappa shape index (κ3) is 4.15. The maximum atomic E-state index is 11.6. The second kappa shape index (κ2) is 4.81. The van der Waals surface area contributed by atoms with Crippen LogP contribution in [0.3, 0.4) is 0 Å². The van der Waals surface area contributed by atoms with Crippen molar-refractivity contribution in [1.82, 2.24) is 4.72 Å². The third-order valence-electron chi connectivity index (χ3n) is 2.45. The van der Waals surface area contributed by atoms with Crippen molar-refractivity contribution in [2.75, 3.05) is 11.6 Å². The zero-order valence-electron chi connectivity index (χ0n) is 8.66. The molecule has 1 rings (SSSR count). The first-order chi connectivity index (χ1) is 6.44. The summed E-state index contributed by atoms with van der Waals surface area (Å²) in [5.74, 6) is 1.23. The quantitative estimate of drug-likeness (QED) is 0.716. The Labute approximate surface area is 91.3 Å². The van der Waals surface area contributed by atoms with Crippen molar-refractivity contribution >= 4 is 21.6 Å². The van der Waals surface area contributed by atoms with E-state index in [1.807, 2.05) is 13.8 Å². The summed E-state index contributed by atoms with van der Waals surface area (Å²) in [5.41, 5.74) is 0. The lowest BCUT2D eigenvalue weighted by atomic mass is 10.1. The lowest BCUT2D eigenvalue weighted by molar-refractivity contribution is 0.479. The summed E-state index contributed by atoms with van der Waals surface area (Å²) in [4.78, 5) is 0. The van der Waals surface area contributed by atoms with Gasteiger partial charge in [-0.25, -0.2) is 13.1 Å². The molecule has 3 nitrogen and oxygen atoms in total. The maximum absolute atomic E-state index is 11.6. The fraction of sp³-hybridized carbons (Fsp3) is 1.00. The first-order valence-corrected chi connectivity index (χ1v) is 7.19. The molecule has 84 valence electrons. The van der Waals surface area contributed by atoms with Gasteiger partial charge in [0.15, 0.2) is 0 Å². The Bertz CT molecular complexity index is 273. The van der Waals surface area contributed by atoms with Crippen LogP contribution in [0.25, 0.3) is 0 Å². The molecule has 1 N–H and O–H groups in total. The van der Waals surface area contributed by atoms with E-state index in [0.717, 1.165) is 12.8 Å². The predicted molar refractivity (Wildman–Crippen MR) is 59.0 cm³/mol. The second-order valence-electron chi connectivity index (χ2n) is 4.35. The highest BCUT2D eigenvalue weighted by molar-refractivity contribution is 7.89. The second-order valence-corrected chi connectivity index (χ2v) is 6.45. The van der Waals surface area contributed by atoms with Gasteiger partial charge in [0.1, 0.15) is 0 Å². The van der Waals surface area contributed by atoms with E-state index in [1.54, 1.807) is 0 Å². The molecule has 0 bridgehead atoms. The van der Waals surface area contributed by atoms with E-state index >= 15 is 0 Å². The van der Waals surface area contributed by atoms with Crippen molar-refractivity contribution in [3.63, 3.8) is 0 Å². The average Bonchev–Trinajstić information content (AvgIpc) is 2.82. The van der Waals surface area contributed by atoms with Crippen LogP contribution >= 0.6 is 11.6 Å². The van der Waals surface area contributed by atoms with Crippen molar-refractivity contribution in [2.24, 2.45) is 11.8 Å². The van der Waals surface area contributed by atoms with E-state index in [9.17, 15) is 8.42 Å². The van der Waals surface area contributed by atoms with Gasteiger partial charge in [0, 0.05) is 11.9 Å². The van der Waals surface area contributed by atoms with E-state index < -0.39 is 10.0 Å². The van der Waals surface area contributed by atoms with Gasteiger partial charge in [-0.3, -0.25) is 0 Å². The molecule has 0 spiro atoms. The first kappa shape index (κ1) is 12.3. The normalized spacial score (nSPS) is 20.0. The Hall–Kier alpha value is 0.200. The topological polar surface area (TPSA) is 46.2 Å².